The van der Waals surface area contributed by atoms with Gasteiger partial charge >= 0.3 is 6.09 Å². The molecule has 5 heteroatoms. The van der Waals surface area contributed by atoms with Crippen molar-refractivity contribution in [3.8, 4) is 0 Å². The van der Waals surface area contributed by atoms with E-state index in [1.165, 1.54) is 21.4 Å². The van der Waals surface area contributed by atoms with Crippen LogP contribution >= 0.6 is 15.9 Å². The normalized spacial score (nSPS) is 15.6. The third kappa shape index (κ3) is 2.26. The first-order valence-corrected chi connectivity index (χ1v) is 6.88. The Balaban J connectivity index is 1.95. The summed E-state index contributed by atoms with van der Waals surface area (Å²) in [6.07, 6.45) is 3.91. The molecule has 2 heterocycles. The third-order valence-corrected chi connectivity index (χ3v) is 3.96. The number of benzene rings is 1. The van der Waals surface area contributed by atoms with Gasteiger partial charge in [0.25, 0.3) is 0 Å². The molecule has 3 rings (SSSR count). The van der Waals surface area contributed by atoms with Crippen molar-refractivity contribution in [1.82, 2.24) is 9.88 Å². The molecule has 0 bridgehead atoms. The summed E-state index contributed by atoms with van der Waals surface area (Å²) in [6, 6.07) is 6.15. The number of amides is 1. The number of nitrogens with one attached hydrogen (secondary N) is 1. The van der Waals surface area contributed by atoms with Gasteiger partial charge in [-0.1, -0.05) is 28.1 Å². The van der Waals surface area contributed by atoms with E-state index in [-0.39, 0.29) is 0 Å². The fraction of sp³-hybridized carbons (Fsp3) is 0.214. The zero-order valence-electron chi connectivity index (χ0n) is 10.2. The molecule has 0 aliphatic carbocycles. The lowest BCUT2D eigenvalue weighted by atomic mass is 9.99. The smallest absolute Gasteiger partial charge is 0.407 e. The van der Waals surface area contributed by atoms with Crippen molar-refractivity contribution in [2.45, 2.75) is 6.42 Å². The SMILES string of the molecule is O=C(O)N1CC=C(c2c[nH]c3cc(Br)ccc23)CC1. The first-order valence-electron chi connectivity index (χ1n) is 6.09. The fourth-order valence-electron chi connectivity index (χ4n) is 2.45. The number of halogens is 1. The standard InChI is InChI=1S/C14H13BrN2O2/c15-10-1-2-11-12(8-16-13(11)7-10)9-3-5-17(6-4-9)14(18)19/h1-3,7-8,16H,4-6H2,(H,18,19). The predicted octanol–water partition coefficient (Wildman–Crippen LogP) is 3.70. The molecule has 1 aromatic heterocycles. The van der Waals surface area contributed by atoms with E-state index in [1.54, 1.807) is 0 Å². The van der Waals surface area contributed by atoms with Crippen LogP contribution in [0, 0.1) is 0 Å². The summed E-state index contributed by atoms with van der Waals surface area (Å²) in [5.74, 6) is 0. The number of H-pyrrole nitrogens is 1. The van der Waals surface area contributed by atoms with Crippen LogP contribution in [0.2, 0.25) is 0 Å². The van der Waals surface area contributed by atoms with Crippen molar-refractivity contribution < 1.29 is 9.90 Å². The quantitative estimate of drug-likeness (QED) is 0.841. The van der Waals surface area contributed by atoms with Crippen LogP contribution in [0.5, 0.6) is 0 Å². The highest BCUT2D eigenvalue weighted by molar-refractivity contribution is 9.10. The summed E-state index contributed by atoms with van der Waals surface area (Å²) in [7, 11) is 0. The van der Waals surface area contributed by atoms with E-state index < -0.39 is 6.09 Å². The summed E-state index contributed by atoms with van der Waals surface area (Å²) in [5.41, 5.74) is 3.48. The zero-order valence-corrected chi connectivity index (χ0v) is 11.8. The minimum absolute atomic E-state index is 0.466. The molecule has 0 spiro atoms. The van der Waals surface area contributed by atoms with Crippen LogP contribution in [0.1, 0.15) is 12.0 Å². The molecule has 0 saturated carbocycles. The molecule has 0 saturated heterocycles. The van der Waals surface area contributed by atoms with Gasteiger partial charge in [0.05, 0.1) is 0 Å². The molecular formula is C14H13BrN2O2. The van der Waals surface area contributed by atoms with Gasteiger partial charge in [-0.2, -0.15) is 0 Å². The van der Waals surface area contributed by atoms with E-state index in [0.29, 0.717) is 13.1 Å². The highest BCUT2D eigenvalue weighted by Gasteiger charge is 2.18. The first-order chi connectivity index (χ1) is 9.15. The second-order valence-corrected chi connectivity index (χ2v) is 5.52. The number of rotatable bonds is 1. The summed E-state index contributed by atoms with van der Waals surface area (Å²) < 4.78 is 1.04. The van der Waals surface area contributed by atoms with Gasteiger partial charge in [0, 0.05) is 40.2 Å². The molecule has 19 heavy (non-hydrogen) atoms. The molecule has 0 radical (unpaired) electrons. The van der Waals surface area contributed by atoms with Crippen molar-refractivity contribution in [3.05, 3.63) is 40.5 Å². The number of hydrogen-bond acceptors (Lipinski definition) is 1. The lowest BCUT2D eigenvalue weighted by molar-refractivity contribution is 0.150. The summed E-state index contributed by atoms with van der Waals surface area (Å²) in [5, 5.41) is 10.1. The molecular weight excluding hydrogens is 308 g/mol. The number of aromatic nitrogens is 1. The zero-order chi connectivity index (χ0) is 13.4. The molecule has 0 unspecified atom stereocenters. The van der Waals surface area contributed by atoms with Gasteiger partial charge in [0.1, 0.15) is 0 Å². The van der Waals surface area contributed by atoms with Crippen molar-refractivity contribution in [1.29, 1.82) is 0 Å². The van der Waals surface area contributed by atoms with Crippen LogP contribution in [0.3, 0.4) is 0 Å². The van der Waals surface area contributed by atoms with Crippen LogP contribution in [0.15, 0.2) is 34.9 Å². The van der Waals surface area contributed by atoms with Crippen molar-refractivity contribution in [2.75, 3.05) is 13.1 Å². The predicted molar refractivity (Wildman–Crippen MR) is 78.2 cm³/mol. The maximum absolute atomic E-state index is 10.9. The average molecular weight is 321 g/mol. The molecule has 1 aromatic carbocycles. The van der Waals surface area contributed by atoms with Crippen LogP contribution in [-0.2, 0) is 0 Å². The van der Waals surface area contributed by atoms with Gasteiger partial charge in [0.15, 0.2) is 0 Å². The van der Waals surface area contributed by atoms with E-state index in [2.05, 4.69) is 27.0 Å². The monoisotopic (exact) mass is 320 g/mol. The summed E-state index contributed by atoms with van der Waals surface area (Å²) >= 11 is 3.45. The Hall–Kier alpha value is -1.75. The molecule has 2 N–H and O–H groups in total. The highest BCUT2D eigenvalue weighted by atomic mass is 79.9. The Morgan fingerprint density at radius 1 is 1.42 bits per heavy atom. The number of hydrogen-bond donors (Lipinski definition) is 2. The van der Waals surface area contributed by atoms with E-state index in [1.807, 2.05) is 24.4 Å². The molecule has 1 amide bonds. The number of fused-ring (bicyclic) bond motifs is 1. The van der Waals surface area contributed by atoms with E-state index >= 15 is 0 Å². The first kappa shape index (κ1) is 12.3. The Morgan fingerprint density at radius 3 is 2.95 bits per heavy atom. The van der Waals surface area contributed by atoms with Crippen molar-refractivity contribution in [2.24, 2.45) is 0 Å². The molecule has 98 valence electrons. The average Bonchev–Trinajstić information content (AvgIpc) is 2.81. The third-order valence-electron chi connectivity index (χ3n) is 3.47. The molecule has 2 aromatic rings. The largest absolute Gasteiger partial charge is 0.465 e. The topological polar surface area (TPSA) is 56.3 Å². The Bertz CT molecular complexity index is 675. The second kappa shape index (κ2) is 4.74. The molecule has 4 nitrogen and oxygen atoms in total. The van der Waals surface area contributed by atoms with E-state index in [9.17, 15) is 4.79 Å². The van der Waals surface area contributed by atoms with Gasteiger partial charge < -0.3 is 15.0 Å². The van der Waals surface area contributed by atoms with Gasteiger partial charge in [-0.25, -0.2) is 4.79 Å². The maximum Gasteiger partial charge on any atom is 0.407 e. The lowest BCUT2D eigenvalue weighted by Crippen LogP contribution is -2.33. The van der Waals surface area contributed by atoms with Crippen molar-refractivity contribution >= 4 is 38.5 Å². The summed E-state index contributed by atoms with van der Waals surface area (Å²) in [4.78, 5) is 15.6. The fourth-order valence-corrected chi connectivity index (χ4v) is 2.81. The molecule has 1 aliphatic rings. The second-order valence-electron chi connectivity index (χ2n) is 4.60. The lowest BCUT2D eigenvalue weighted by Gasteiger charge is -2.23. The van der Waals surface area contributed by atoms with Gasteiger partial charge in [-0.05, 0) is 24.1 Å². The van der Waals surface area contributed by atoms with Crippen LogP contribution in [0.25, 0.3) is 16.5 Å². The molecule has 0 fully saturated rings. The van der Waals surface area contributed by atoms with E-state index in [4.69, 9.17) is 5.11 Å². The number of carbonyl (C=O) groups is 1. The molecule has 1 aliphatic heterocycles. The maximum atomic E-state index is 10.9. The highest BCUT2D eigenvalue weighted by Crippen LogP contribution is 2.30. The van der Waals surface area contributed by atoms with Crippen LogP contribution in [0.4, 0.5) is 4.79 Å². The summed E-state index contributed by atoms with van der Waals surface area (Å²) in [6.45, 7) is 1.03. The Kier molecular flexibility index (Phi) is 3.06. The van der Waals surface area contributed by atoms with Gasteiger partial charge in [-0.3, -0.25) is 0 Å². The number of nitrogens with zero attached hydrogens (tertiary/aromatic N) is 1. The minimum atomic E-state index is -0.849. The van der Waals surface area contributed by atoms with Crippen molar-refractivity contribution in [3.63, 3.8) is 0 Å². The Labute approximate surface area is 118 Å². The van der Waals surface area contributed by atoms with Crippen LogP contribution < -0.4 is 0 Å². The number of carboxylic acid groups (broad SMARTS) is 1. The van der Waals surface area contributed by atoms with Crippen LogP contribution in [-0.4, -0.2) is 34.2 Å². The molecule has 0 atom stereocenters. The number of aromatic amines is 1. The Morgan fingerprint density at radius 2 is 2.26 bits per heavy atom. The van der Waals surface area contributed by atoms with E-state index in [0.717, 1.165) is 16.4 Å². The van der Waals surface area contributed by atoms with Gasteiger partial charge in [0.2, 0.25) is 0 Å². The minimum Gasteiger partial charge on any atom is -0.465 e. The van der Waals surface area contributed by atoms with Gasteiger partial charge in [-0.15, -0.1) is 0 Å².